The van der Waals surface area contributed by atoms with Crippen molar-refractivity contribution in [1.82, 2.24) is 15.5 Å². The number of nitrogens with zero attached hydrogens (tertiary/aromatic N) is 1. The number of aliphatic hydroxyl groups is 1. The van der Waals surface area contributed by atoms with Gasteiger partial charge in [0.05, 0.1) is 11.5 Å². The quantitative estimate of drug-likeness (QED) is 0.528. The Bertz CT molecular complexity index is 423. The predicted octanol–water partition coefficient (Wildman–Crippen LogP) is -1.78. The van der Waals surface area contributed by atoms with E-state index in [9.17, 15) is 19.5 Å². The van der Waals surface area contributed by atoms with E-state index in [1.54, 1.807) is 0 Å². The van der Waals surface area contributed by atoms with Crippen molar-refractivity contribution in [3.8, 4) is 0 Å². The lowest BCUT2D eigenvalue weighted by molar-refractivity contribution is -0.176. The third kappa shape index (κ3) is 2.18. The van der Waals surface area contributed by atoms with Gasteiger partial charge in [-0.3, -0.25) is 14.4 Å². The maximum absolute atomic E-state index is 12.3. The summed E-state index contributed by atoms with van der Waals surface area (Å²) >= 11 is 0. The number of piperidine rings is 1. The number of aliphatic hydroxyl groups excluding tert-OH is 1. The van der Waals surface area contributed by atoms with Crippen LogP contribution in [-0.2, 0) is 14.4 Å². The molecule has 0 aromatic rings. The van der Waals surface area contributed by atoms with E-state index in [1.165, 1.54) is 18.9 Å². The van der Waals surface area contributed by atoms with Gasteiger partial charge in [-0.25, -0.2) is 0 Å². The number of nitrogens with one attached hydrogen (secondary N) is 2. The normalized spacial score (nSPS) is 29.5. The summed E-state index contributed by atoms with van der Waals surface area (Å²) in [7, 11) is 1.46. The standard InChI is InChI=1S/C12H19N3O4/c1-7(16)9(10(18)13-2)15-6-12(11(15)19)3-4-14-8(17)5-12/h7,9,16H,3-6H2,1-2H3,(H,13,18)(H,14,17). The van der Waals surface area contributed by atoms with Crippen LogP contribution in [0.25, 0.3) is 0 Å². The van der Waals surface area contributed by atoms with Crippen molar-refractivity contribution in [3.05, 3.63) is 0 Å². The van der Waals surface area contributed by atoms with Gasteiger partial charge in [-0.05, 0) is 13.3 Å². The summed E-state index contributed by atoms with van der Waals surface area (Å²) in [4.78, 5) is 36.8. The first kappa shape index (κ1) is 13.8. The van der Waals surface area contributed by atoms with Crippen LogP contribution in [0, 0.1) is 5.41 Å². The highest BCUT2D eigenvalue weighted by Crippen LogP contribution is 2.41. The topological polar surface area (TPSA) is 98.7 Å². The third-order valence-corrected chi connectivity index (χ3v) is 3.92. The van der Waals surface area contributed by atoms with E-state index in [4.69, 9.17) is 0 Å². The van der Waals surface area contributed by atoms with Crippen LogP contribution in [0.15, 0.2) is 0 Å². The Hall–Kier alpha value is -1.63. The molecule has 2 rings (SSSR count). The van der Waals surface area contributed by atoms with Crippen LogP contribution in [0.3, 0.4) is 0 Å². The molecule has 0 aromatic carbocycles. The molecule has 2 fully saturated rings. The van der Waals surface area contributed by atoms with E-state index < -0.39 is 23.5 Å². The highest BCUT2D eigenvalue weighted by atomic mass is 16.3. The van der Waals surface area contributed by atoms with Crippen LogP contribution < -0.4 is 10.6 Å². The molecule has 106 valence electrons. The fourth-order valence-electron chi connectivity index (χ4n) is 2.89. The molecular formula is C12H19N3O4. The predicted molar refractivity (Wildman–Crippen MR) is 65.9 cm³/mol. The highest BCUT2D eigenvalue weighted by molar-refractivity contribution is 5.98. The second kappa shape index (κ2) is 4.80. The highest BCUT2D eigenvalue weighted by Gasteiger charge is 2.57. The molecule has 3 atom stereocenters. The van der Waals surface area contributed by atoms with Gasteiger partial charge in [0, 0.05) is 26.6 Å². The lowest BCUT2D eigenvalue weighted by atomic mass is 9.70. The molecule has 19 heavy (non-hydrogen) atoms. The molecule has 0 aliphatic carbocycles. The first-order valence-electron chi connectivity index (χ1n) is 6.39. The van der Waals surface area contributed by atoms with Gasteiger partial charge in [0.15, 0.2) is 0 Å². The van der Waals surface area contributed by atoms with Crippen molar-refractivity contribution < 1.29 is 19.5 Å². The minimum Gasteiger partial charge on any atom is -0.391 e. The summed E-state index contributed by atoms with van der Waals surface area (Å²) in [5.74, 6) is -0.733. The van der Waals surface area contributed by atoms with E-state index in [0.717, 1.165) is 0 Å². The van der Waals surface area contributed by atoms with Gasteiger partial charge in [0.25, 0.3) is 0 Å². The van der Waals surface area contributed by atoms with E-state index in [-0.39, 0.29) is 18.2 Å². The number of likely N-dealkylation sites (tertiary alicyclic amines) is 1. The molecule has 2 heterocycles. The number of amides is 3. The smallest absolute Gasteiger partial charge is 0.245 e. The van der Waals surface area contributed by atoms with Crippen LogP contribution in [0.2, 0.25) is 0 Å². The molecule has 2 aliphatic heterocycles. The van der Waals surface area contributed by atoms with Gasteiger partial charge < -0.3 is 20.6 Å². The van der Waals surface area contributed by atoms with E-state index >= 15 is 0 Å². The molecule has 0 saturated carbocycles. The summed E-state index contributed by atoms with van der Waals surface area (Å²) in [6, 6.07) is -0.881. The fraction of sp³-hybridized carbons (Fsp3) is 0.750. The zero-order valence-electron chi connectivity index (χ0n) is 11.1. The molecule has 3 N–H and O–H groups in total. The number of carbonyl (C=O) groups excluding carboxylic acids is 3. The largest absolute Gasteiger partial charge is 0.391 e. The molecule has 0 aromatic heterocycles. The maximum atomic E-state index is 12.3. The Morgan fingerprint density at radius 3 is 2.68 bits per heavy atom. The van der Waals surface area contributed by atoms with E-state index in [2.05, 4.69) is 10.6 Å². The molecule has 2 aliphatic rings. The summed E-state index contributed by atoms with van der Waals surface area (Å²) < 4.78 is 0. The Morgan fingerprint density at radius 1 is 1.53 bits per heavy atom. The van der Waals surface area contributed by atoms with Gasteiger partial charge in [0.1, 0.15) is 6.04 Å². The summed E-state index contributed by atoms with van der Waals surface area (Å²) in [6.07, 6.45) is -0.185. The van der Waals surface area contributed by atoms with Crippen LogP contribution >= 0.6 is 0 Å². The van der Waals surface area contributed by atoms with Gasteiger partial charge in [-0.15, -0.1) is 0 Å². The zero-order chi connectivity index (χ0) is 14.2. The molecule has 0 radical (unpaired) electrons. The van der Waals surface area contributed by atoms with Gasteiger partial charge >= 0.3 is 0 Å². The van der Waals surface area contributed by atoms with E-state index in [1.807, 2.05) is 0 Å². The molecule has 7 heteroatoms. The average molecular weight is 269 g/mol. The number of carbonyl (C=O) groups is 3. The number of likely N-dealkylation sites (N-methyl/N-ethyl adjacent to an activating group) is 1. The van der Waals surface area contributed by atoms with Crippen LogP contribution in [0.4, 0.5) is 0 Å². The Kier molecular flexibility index (Phi) is 3.49. The molecule has 3 unspecified atom stereocenters. The molecule has 7 nitrogen and oxygen atoms in total. The van der Waals surface area contributed by atoms with E-state index in [0.29, 0.717) is 19.5 Å². The van der Waals surface area contributed by atoms with Crippen molar-refractivity contribution in [2.24, 2.45) is 5.41 Å². The second-order valence-electron chi connectivity index (χ2n) is 5.29. The van der Waals surface area contributed by atoms with Crippen molar-refractivity contribution in [3.63, 3.8) is 0 Å². The summed E-state index contributed by atoms with van der Waals surface area (Å²) in [5.41, 5.74) is -0.663. The number of hydrogen-bond donors (Lipinski definition) is 3. The number of hydrogen-bond acceptors (Lipinski definition) is 4. The fourth-order valence-corrected chi connectivity index (χ4v) is 2.89. The third-order valence-electron chi connectivity index (χ3n) is 3.92. The Labute approximate surface area is 111 Å². The Balaban J connectivity index is 2.11. The minimum absolute atomic E-state index is 0.132. The van der Waals surface area contributed by atoms with Gasteiger partial charge in [-0.2, -0.15) is 0 Å². The first-order valence-corrected chi connectivity index (χ1v) is 6.39. The monoisotopic (exact) mass is 269 g/mol. The second-order valence-corrected chi connectivity index (χ2v) is 5.29. The van der Waals surface area contributed by atoms with Crippen LogP contribution in [0.5, 0.6) is 0 Å². The maximum Gasteiger partial charge on any atom is 0.245 e. The first-order chi connectivity index (χ1) is 8.91. The van der Waals surface area contributed by atoms with Crippen LogP contribution in [-0.4, -0.2) is 60.0 Å². The molecular weight excluding hydrogens is 250 g/mol. The molecule has 2 saturated heterocycles. The Morgan fingerprint density at radius 2 is 2.21 bits per heavy atom. The van der Waals surface area contributed by atoms with Crippen molar-refractivity contribution in [2.75, 3.05) is 20.1 Å². The lowest BCUT2D eigenvalue weighted by Gasteiger charge is -2.53. The molecule has 3 amide bonds. The van der Waals surface area contributed by atoms with Gasteiger partial charge in [-0.1, -0.05) is 0 Å². The molecule has 1 spiro atoms. The van der Waals surface area contributed by atoms with Crippen molar-refractivity contribution in [1.29, 1.82) is 0 Å². The number of β-lactam (4-membered cyclic amide) rings is 1. The SMILES string of the molecule is CNC(=O)C(C(C)O)N1CC2(CCNC(=O)C2)C1=O. The average Bonchev–Trinajstić information content (AvgIpc) is 2.37. The number of rotatable bonds is 3. The summed E-state index contributed by atoms with van der Waals surface area (Å²) in [6.45, 7) is 2.31. The van der Waals surface area contributed by atoms with Gasteiger partial charge in [0.2, 0.25) is 17.7 Å². The van der Waals surface area contributed by atoms with Crippen molar-refractivity contribution >= 4 is 17.7 Å². The summed E-state index contributed by atoms with van der Waals surface area (Å²) in [5, 5.41) is 14.8. The molecule has 0 bridgehead atoms. The van der Waals surface area contributed by atoms with Crippen molar-refractivity contribution in [2.45, 2.75) is 31.9 Å². The minimum atomic E-state index is -0.946. The zero-order valence-corrected chi connectivity index (χ0v) is 11.1. The lowest BCUT2D eigenvalue weighted by Crippen LogP contribution is -2.71. The van der Waals surface area contributed by atoms with Crippen LogP contribution in [0.1, 0.15) is 19.8 Å².